The first kappa shape index (κ1) is 13.5. The van der Waals surface area contributed by atoms with E-state index in [1.165, 1.54) is 19.2 Å². The van der Waals surface area contributed by atoms with Crippen LogP contribution in [0.3, 0.4) is 0 Å². The van der Waals surface area contributed by atoms with Crippen molar-refractivity contribution in [2.75, 3.05) is 7.11 Å². The van der Waals surface area contributed by atoms with Gasteiger partial charge >= 0.3 is 5.97 Å². The van der Waals surface area contributed by atoms with E-state index in [-0.39, 0.29) is 22.9 Å². The first-order chi connectivity index (χ1) is 9.61. The Morgan fingerprint density at radius 2 is 2.00 bits per heavy atom. The number of carbonyl (C=O) groups is 1. The highest BCUT2D eigenvalue weighted by Gasteiger charge is 2.14. The van der Waals surface area contributed by atoms with Gasteiger partial charge in [0.15, 0.2) is 0 Å². The van der Waals surface area contributed by atoms with Crippen molar-refractivity contribution in [2.24, 2.45) is 0 Å². The fourth-order valence-electron chi connectivity index (χ4n) is 1.49. The smallest absolute Gasteiger partial charge is 0.341 e. The zero-order chi connectivity index (χ0) is 14.5. The fourth-order valence-corrected chi connectivity index (χ4v) is 1.49. The third kappa shape index (κ3) is 2.89. The van der Waals surface area contributed by atoms with Crippen molar-refractivity contribution in [1.29, 1.82) is 0 Å². The summed E-state index contributed by atoms with van der Waals surface area (Å²) in [5.41, 5.74) is 0.105. The molecule has 0 spiro atoms. The molecule has 0 atom stereocenters. The molecule has 2 rings (SSSR count). The fraction of sp³-hybridized carbons (Fsp3) is 0.0769. The maximum Gasteiger partial charge on any atom is 0.341 e. The van der Waals surface area contributed by atoms with Gasteiger partial charge in [-0.1, -0.05) is 12.1 Å². The Hall–Kier alpha value is -2.96. The highest BCUT2D eigenvalue weighted by Crippen LogP contribution is 2.25. The second-order valence-electron chi connectivity index (χ2n) is 3.70. The predicted octanol–water partition coefficient (Wildman–Crippen LogP) is 2.57. The largest absolute Gasteiger partial charge is 0.465 e. The lowest BCUT2D eigenvalue weighted by atomic mass is 10.2. The number of para-hydroxylation sites is 1. The van der Waals surface area contributed by atoms with Gasteiger partial charge in [0.05, 0.1) is 12.0 Å². The van der Waals surface area contributed by atoms with Gasteiger partial charge in [-0.3, -0.25) is 10.1 Å². The topological polar surface area (TPSA) is 91.6 Å². The Labute approximate surface area is 113 Å². The van der Waals surface area contributed by atoms with Crippen molar-refractivity contribution >= 4 is 11.7 Å². The number of nitrogens with zero attached hydrogens (tertiary/aromatic N) is 2. The van der Waals surface area contributed by atoms with E-state index < -0.39 is 10.9 Å². The van der Waals surface area contributed by atoms with E-state index in [4.69, 9.17) is 4.74 Å². The number of nitro groups is 1. The minimum Gasteiger partial charge on any atom is -0.465 e. The van der Waals surface area contributed by atoms with Crippen LogP contribution in [0.4, 0.5) is 5.69 Å². The van der Waals surface area contributed by atoms with Crippen LogP contribution in [0.15, 0.2) is 42.6 Å². The normalized spacial score (nSPS) is 9.85. The number of pyridine rings is 1. The molecule has 0 saturated heterocycles. The number of carbonyl (C=O) groups excluding carboxylic acids is 1. The van der Waals surface area contributed by atoms with Gasteiger partial charge in [-0.2, -0.15) is 0 Å². The molecule has 20 heavy (non-hydrogen) atoms. The van der Waals surface area contributed by atoms with E-state index in [0.717, 1.165) is 6.20 Å². The molecular weight excluding hydrogens is 264 g/mol. The molecular formula is C13H10N2O5. The van der Waals surface area contributed by atoms with E-state index in [1.54, 1.807) is 24.3 Å². The van der Waals surface area contributed by atoms with E-state index in [1.807, 2.05) is 0 Å². The summed E-state index contributed by atoms with van der Waals surface area (Å²) in [6.45, 7) is 0. The summed E-state index contributed by atoms with van der Waals surface area (Å²) >= 11 is 0. The highest BCUT2D eigenvalue weighted by atomic mass is 16.6. The summed E-state index contributed by atoms with van der Waals surface area (Å²) in [5, 5.41) is 10.5. The molecule has 0 radical (unpaired) electrons. The molecule has 0 N–H and O–H groups in total. The van der Waals surface area contributed by atoms with Crippen molar-refractivity contribution in [3.8, 4) is 11.6 Å². The quantitative estimate of drug-likeness (QED) is 0.483. The molecule has 0 aliphatic carbocycles. The van der Waals surface area contributed by atoms with Crippen molar-refractivity contribution in [2.45, 2.75) is 0 Å². The van der Waals surface area contributed by atoms with Crippen LogP contribution in [-0.4, -0.2) is 23.0 Å². The lowest BCUT2D eigenvalue weighted by molar-refractivity contribution is -0.385. The van der Waals surface area contributed by atoms with Crippen molar-refractivity contribution in [3.05, 3.63) is 58.3 Å². The van der Waals surface area contributed by atoms with Crippen molar-refractivity contribution in [3.63, 3.8) is 0 Å². The molecule has 0 aliphatic heterocycles. The average Bonchev–Trinajstić information content (AvgIpc) is 2.47. The summed E-state index contributed by atoms with van der Waals surface area (Å²) in [7, 11) is 1.27. The number of hydrogen-bond acceptors (Lipinski definition) is 6. The van der Waals surface area contributed by atoms with E-state index in [2.05, 4.69) is 9.72 Å². The molecule has 0 unspecified atom stereocenters. The van der Waals surface area contributed by atoms with Gasteiger partial charge in [0.25, 0.3) is 5.69 Å². The van der Waals surface area contributed by atoms with Crippen LogP contribution in [0.2, 0.25) is 0 Å². The second kappa shape index (κ2) is 5.79. The van der Waals surface area contributed by atoms with Crippen LogP contribution >= 0.6 is 0 Å². The van der Waals surface area contributed by atoms with Gasteiger partial charge < -0.3 is 9.47 Å². The lowest BCUT2D eigenvalue weighted by Gasteiger charge is -2.08. The maximum atomic E-state index is 11.6. The van der Waals surface area contributed by atoms with E-state index >= 15 is 0 Å². The van der Waals surface area contributed by atoms with Crippen LogP contribution in [0.25, 0.3) is 0 Å². The van der Waals surface area contributed by atoms with E-state index in [0.29, 0.717) is 0 Å². The summed E-state index contributed by atoms with van der Waals surface area (Å²) in [4.78, 5) is 25.3. The Morgan fingerprint density at radius 3 is 2.60 bits per heavy atom. The molecule has 7 nitrogen and oxygen atoms in total. The van der Waals surface area contributed by atoms with Crippen LogP contribution in [-0.2, 0) is 4.74 Å². The minimum atomic E-state index is -0.556. The Balaban J connectivity index is 2.26. The molecule has 1 aromatic carbocycles. The summed E-state index contributed by atoms with van der Waals surface area (Å²) in [6.07, 6.45) is 1.08. The lowest BCUT2D eigenvalue weighted by Crippen LogP contribution is -2.03. The first-order valence-corrected chi connectivity index (χ1v) is 5.57. The van der Waals surface area contributed by atoms with Gasteiger partial charge in [-0.05, 0) is 12.1 Å². The maximum absolute atomic E-state index is 11.6. The molecule has 1 heterocycles. The number of esters is 1. The number of rotatable bonds is 4. The van der Waals surface area contributed by atoms with Gasteiger partial charge in [0.2, 0.25) is 5.88 Å². The molecule has 1 aromatic heterocycles. The van der Waals surface area contributed by atoms with Crippen LogP contribution in [0.5, 0.6) is 11.6 Å². The van der Waals surface area contributed by atoms with Crippen LogP contribution in [0, 0.1) is 10.1 Å². The van der Waals surface area contributed by atoms with Gasteiger partial charge in [0.1, 0.15) is 17.5 Å². The Bertz CT molecular complexity index is 639. The van der Waals surface area contributed by atoms with E-state index in [9.17, 15) is 14.9 Å². The average molecular weight is 274 g/mol. The van der Waals surface area contributed by atoms with Gasteiger partial charge in [-0.15, -0.1) is 0 Å². The van der Waals surface area contributed by atoms with Gasteiger partial charge in [0, 0.05) is 12.1 Å². The Morgan fingerprint density at radius 1 is 1.25 bits per heavy atom. The van der Waals surface area contributed by atoms with Crippen LogP contribution < -0.4 is 4.74 Å². The molecule has 0 bridgehead atoms. The molecule has 7 heteroatoms. The number of aromatic nitrogens is 1. The standard InChI is InChI=1S/C13H10N2O5/c1-19-13(16)10-4-2-3-5-11(10)20-12-7-6-9(8-14-12)15(17)18/h2-8H,1H3. The molecule has 0 amide bonds. The predicted molar refractivity (Wildman–Crippen MR) is 68.7 cm³/mol. The monoisotopic (exact) mass is 274 g/mol. The number of benzene rings is 1. The Kier molecular flexibility index (Phi) is 3.90. The molecule has 0 saturated carbocycles. The number of methoxy groups -OCH3 is 1. The van der Waals surface area contributed by atoms with Gasteiger partial charge in [-0.25, -0.2) is 9.78 Å². The summed E-state index contributed by atoms with van der Waals surface area (Å²) in [6, 6.07) is 9.10. The summed E-state index contributed by atoms with van der Waals surface area (Å²) < 4.78 is 10.1. The summed E-state index contributed by atoms with van der Waals surface area (Å²) in [5.74, 6) is -0.129. The van der Waals surface area contributed by atoms with Crippen LogP contribution in [0.1, 0.15) is 10.4 Å². The third-order valence-corrected chi connectivity index (χ3v) is 2.44. The number of ether oxygens (including phenoxy) is 2. The van der Waals surface area contributed by atoms with Crippen molar-refractivity contribution < 1.29 is 19.2 Å². The minimum absolute atomic E-state index is 0.140. The molecule has 2 aromatic rings. The molecule has 0 fully saturated rings. The second-order valence-corrected chi connectivity index (χ2v) is 3.70. The zero-order valence-corrected chi connectivity index (χ0v) is 10.5. The SMILES string of the molecule is COC(=O)c1ccccc1Oc1ccc([N+](=O)[O-])cn1. The first-order valence-electron chi connectivity index (χ1n) is 5.57. The molecule has 102 valence electrons. The van der Waals surface area contributed by atoms with Crippen molar-refractivity contribution in [1.82, 2.24) is 4.98 Å². The highest BCUT2D eigenvalue weighted by molar-refractivity contribution is 5.92. The zero-order valence-electron chi connectivity index (χ0n) is 10.5. The third-order valence-electron chi connectivity index (χ3n) is 2.44. The number of hydrogen-bond donors (Lipinski definition) is 0. The molecule has 0 aliphatic rings.